The molecule has 1 aromatic carbocycles. The SMILES string of the molecule is CCC(NCCCNC(=O)OC(C)(C)C)C1(C)NSc2ncn(Cc3ccccc3)c(=O)c21. The second-order valence-corrected chi connectivity index (χ2v) is 10.2. The van der Waals surface area contributed by atoms with Crippen LogP contribution in [-0.2, 0) is 16.8 Å². The zero-order valence-corrected chi connectivity index (χ0v) is 20.9. The topological polar surface area (TPSA) is 97.3 Å². The highest BCUT2D eigenvalue weighted by atomic mass is 32.2. The number of nitrogens with one attached hydrogen (secondary N) is 3. The number of benzene rings is 1. The minimum atomic E-state index is -0.558. The van der Waals surface area contributed by atoms with Crippen molar-refractivity contribution >= 4 is 18.0 Å². The lowest BCUT2D eigenvalue weighted by Crippen LogP contribution is -2.54. The molecule has 3 N–H and O–H groups in total. The molecule has 0 aliphatic carbocycles. The Morgan fingerprint density at radius 1 is 1.27 bits per heavy atom. The first-order valence-corrected chi connectivity index (χ1v) is 12.2. The number of amides is 1. The van der Waals surface area contributed by atoms with E-state index >= 15 is 0 Å². The highest BCUT2D eigenvalue weighted by Crippen LogP contribution is 2.38. The predicted molar refractivity (Wildman–Crippen MR) is 131 cm³/mol. The van der Waals surface area contributed by atoms with Crippen LogP contribution in [0.15, 0.2) is 46.5 Å². The Morgan fingerprint density at radius 3 is 2.67 bits per heavy atom. The normalized spacial score (nSPS) is 18.6. The number of aromatic nitrogens is 2. The molecule has 0 bridgehead atoms. The van der Waals surface area contributed by atoms with Crippen molar-refractivity contribution in [1.29, 1.82) is 0 Å². The summed E-state index contributed by atoms with van der Waals surface area (Å²) in [4.78, 5) is 29.8. The van der Waals surface area contributed by atoms with Crippen LogP contribution in [0.2, 0.25) is 0 Å². The quantitative estimate of drug-likeness (QED) is 0.292. The fourth-order valence-corrected chi connectivity index (χ4v) is 5.02. The fraction of sp³-hybridized carbons (Fsp3) is 0.542. The molecular weight excluding hydrogens is 438 g/mol. The van der Waals surface area contributed by atoms with Crippen molar-refractivity contribution in [3.05, 3.63) is 58.1 Å². The number of alkyl carbamates (subject to hydrolysis) is 1. The van der Waals surface area contributed by atoms with E-state index < -0.39 is 17.2 Å². The van der Waals surface area contributed by atoms with Crippen molar-refractivity contribution in [3.8, 4) is 0 Å². The Labute approximate surface area is 200 Å². The summed E-state index contributed by atoms with van der Waals surface area (Å²) >= 11 is 1.41. The number of carbonyl (C=O) groups excluding carboxylic acids is 1. The van der Waals surface area contributed by atoms with Crippen LogP contribution in [-0.4, -0.2) is 40.4 Å². The van der Waals surface area contributed by atoms with Gasteiger partial charge < -0.3 is 15.4 Å². The maximum Gasteiger partial charge on any atom is 0.407 e. The first kappa shape index (κ1) is 25.3. The van der Waals surface area contributed by atoms with E-state index in [2.05, 4.69) is 34.2 Å². The second kappa shape index (κ2) is 10.7. The fourth-order valence-electron chi connectivity index (χ4n) is 3.97. The molecule has 0 spiro atoms. The lowest BCUT2D eigenvalue weighted by Gasteiger charge is -2.34. The van der Waals surface area contributed by atoms with E-state index in [0.29, 0.717) is 25.2 Å². The van der Waals surface area contributed by atoms with E-state index in [-0.39, 0.29) is 11.6 Å². The van der Waals surface area contributed by atoms with Gasteiger partial charge >= 0.3 is 6.09 Å². The van der Waals surface area contributed by atoms with Crippen LogP contribution < -0.4 is 20.9 Å². The van der Waals surface area contributed by atoms with E-state index in [1.165, 1.54) is 11.9 Å². The summed E-state index contributed by atoms with van der Waals surface area (Å²) in [5.74, 6) is 0. The van der Waals surface area contributed by atoms with Crippen molar-refractivity contribution in [2.45, 2.75) is 76.2 Å². The predicted octanol–water partition coefficient (Wildman–Crippen LogP) is 3.40. The number of ether oxygens (including phenoxy) is 1. The molecule has 180 valence electrons. The van der Waals surface area contributed by atoms with E-state index in [9.17, 15) is 9.59 Å². The highest BCUT2D eigenvalue weighted by molar-refractivity contribution is 7.97. The van der Waals surface area contributed by atoms with Crippen molar-refractivity contribution < 1.29 is 9.53 Å². The Morgan fingerprint density at radius 2 is 2.00 bits per heavy atom. The summed E-state index contributed by atoms with van der Waals surface area (Å²) in [5.41, 5.74) is 0.680. The monoisotopic (exact) mass is 473 g/mol. The first-order chi connectivity index (χ1) is 15.6. The molecule has 1 amide bonds. The zero-order chi connectivity index (χ0) is 24.1. The molecule has 0 saturated heterocycles. The molecule has 3 rings (SSSR count). The van der Waals surface area contributed by atoms with Crippen molar-refractivity contribution in [3.63, 3.8) is 0 Å². The van der Waals surface area contributed by atoms with Gasteiger partial charge in [0.25, 0.3) is 5.56 Å². The van der Waals surface area contributed by atoms with E-state index in [4.69, 9.17) is 4.74 Å². The summed E-state index contributed by atoms with van der Waals surface area (Å²) < 4.78 is 10.4. The van der Waals surface area contributed by atoms with Crippen LogP contribution in [0.3, 0.4) is 0 Å². The Hall–Kier alpha value is -2.36. The maximum absolute atomic E-state index is 13.4. The number of nitrogens with zero attached hydrogens (tertiary/aromatic N) is 2. The van der Waals surface area contributed by atoms with Gasteiger partial charge in [-0.05, 0) is 64.6 Å². The van der Waals surface area contributed by atoms with Crippen molar-refractivity contribution in [2.24, 2.45) is 0 Å². The molecule has 0 saturated carbocycles. The van der Waals surface area contributed by atoms with Crippen LogP contribution in [0.4, 0.5) is 4.79 Å². The zero-order valence-electron chi connectivity index (χ0n) is 20.1. The smallest absolute Gasteiger partial charge is 0.407 e. The lowest BCUT2D eigenvalue weighted by molar-refractivity contribution is 0.0527. The number of hydrogen-bond acceptors (Lipinski definition) is 7. The average molecular weight is 474 g/mol. The van der Waals surface area contributed by atoms with Crippen molar-refractivity contribution in [1.82, 2.24) is 24.9 Å². The van der Waals surface area contributed by atoms with Crippen LogP contribution >= 0.6 is 11.9 Å². The number of carbonyl (C=O) groups is 1. The minimum Gasteiger partial charge on any atom is -0.444 e. The number of rotatable bonds is 9. The highest BCUT2D eigenvalue weighted by Gasteiger charge is 2.44. The minimum absolute atomic E-state index is 0.0179. The number of fused-ring (bicyclic) bond motifs is 1. The first-order valence-electron chi connectivity index (χ1n) is 11.4. The third-order valence-electron chi connectivity index (χ3n) is 5.60. The van der Waals surface area contributed by atoms with Gasteiger partial charge in [0.2, 0.25) is 0 Å². The molecule has 33 heavy (non-hydrogen) atoms. The summed E-state index contributed by atoms with van der Waals surface area (Å²) in [6.45, 7) is 11.4. The van der Waals surface area contributed by atoms with Gasteiger partial charge in [0.1, 0.15) is 10.6 Å². The summed E-state index contributed by atoms with van der Waals surface area (Å²) in [6, 6.07) is 9.94. The molecule has 2 atom stereocenters. The molecule has 2 aromatic rings. The summed E-state index contributed by atoms with van der Waals surface area (Å²) in [5, 5.41) is 7.08. The van der Waals surface area contributed by atoms with Gasteiger partial charge in [-0.1, -0.05) is 37.3 Å². The third kappa shape index (κ3) is 6.37. The van der Waals surface area contributed by atoms with Gasteiger partial charge in [0.05, 0.1) is 24.0 Å². The molecule has 1 aliphatic heterocycles. The lowest BCUT2D eigenvalue weighted by atomic mass is 9.85. The van der Waals surface area contributed by atoms with Gasteiger partial charge in [0.15, 0.2) is 0 Å². The number of hydrogen-bond donors (Lipinski definition) is 3. The van der Waals surface area contributed by atoms with E-state index in [0.717, 1.165) is 23.4 Å². The third-order valence-corrected chi connectivity index (χ3v) is 6.62. The van der Waals surface area contributed by atoms with E-state index in [1.54, 1.807) is 10.9 Å². The second-order valence-electron chi connectivity index (χ2n) is 9.45. The van der Waals surface area contributed by atoms with E-state index in [1.807, 2.05) is 51.1 Å². The molecule has 2 heterocycles. The Bertz CT molecular complexity index is 1010. The molecular formula is C24H35N5O3S. The van der Waals surface area contributed by atoms with Crippen LogP contribution in [0.5, 0.6) is 0 Å². The van der Waals surface area contributed by atoms with Crippen LogP contribution in [0.1, 0.15) is 58.6 Å². The van der Waals surface area contributed by atoms with Crippen molar-refractivity contribution in [2.75, 3.05) is 13.1 Å². The van der Waals surface area contributed by atoms with Gasteiger partial charge in [-0.25, -0.2) is 14.5 Å². The molecule has 1 aliphatic rings. The summed E-state index contributed by atoms with van der Waals surface area (Å²) in [7, 11) is 0. The molecule has 9 heteroatoms. The Balaban J connectivity index is 1.65. The molecule has 1 aromatic heterocycles. The summed E-state index contributed by atoms with van der Waals surface area (Å²) in [6.07, 6.45) is 2.80. The van der Waals surface area contributed by atoms with Gasteiger partial charge in [0, 0.05) is 12.6 Å². The standard InChI is InChI=1S/C24H35N5O3S/c1-6-18(25-13-10-14-26-22(31)32-23(2,3)4)24(5)19-20(33-28-24)27-16-29(21(19)30)15-17-11-8-7-9-12-17/h7-9,11-12,16,18,25,28H,6,10,13-15H2,1-5H3,(H,26,31). The molecule has 8 nitrogen and oxygen atoms in total. The van der Waals surface area contributed by atoms with Crippen LogP contribution in [0.25, 0.3) is 0 Å². The molecule has 0 fully saturated rings. The van der Waals surface area contributed by atoms with Gasteiger partial charge in [-0.15, -0.1) is 0 Å². The van der Waals surface area contributed by atoms with Gasteiger partial charge in [-0.3, -0.25) is 9.36 Å². The Kier molecular flexibility index (Phi) is 8.20. The maximum atomic E-state index is 13.4. The molecule has 0 radical (unpaired) electrons. The van der Waals surface area contributed by atoms with Crippen LogP contribution in [0, 0.1) is 0 Å². The molecule has 2 unspecified atom stereocenters. The van der Waals surface area contributed by atoms with Gasteiger partial charge in [-0.2, -0.15) is 0 Å². The largest absolute Gasteiger partial charge is 0.444 e. The average Bonchev–Trinajstić information content (AvgIpc) is 3.10.